The first kappa shape index (κ1) is 16.8. The number of benzene rings is 1. The molecule has 0 aliphatic carbocycles. The SMILES string of the molecule is COc1ccc(C2CCNC2)cc1OC.O=C(O)C(=O)O. The van der Waals surface area contributed by atoms with Gasteiger partial charge in [0, 0.05) is 6.54 Å². The maximum Gasteiger partial charge on any atom is 0.414 e. The zero-order chi connectivity index (χ0) is 15.8. The standard InChI is InChI=1S/C12H17NO2.C2H2O4/c1-14-11-4-3-9(7-12(11)15-2)10-5-6-13-8-10;3-1(4)2(5)6/h3-4,7,10,13H,5-6,8H2,1-2H3;(H,3,4)(H,5,6). The van der Waals surface area contributed by atoms with E-state index in [1.807, 2.05) is 6.07 Å². The Morgan fingerprint density at radius 1 is 1.14 bits per heavy atom. The van der Waals surface area contributed by atoms with E-state index in [4.69, 9.17) is 29.3 Å². The zero-order valence-corrected chi connectivity index (χ0v) is 12.0. The van der Waals surface area contributed by atoms with Gasteiger partial charge in [0.05, 0.1) is 14.2 Å². The number of carboxylic acid groups (broad SMARTS) is 2. The van der Waals surface area contributed by atoms with Crippen molar-refractivity contribution >= 4 is 11.9 Å². The Kier molecular flexibility index (Phi) is 6.48. The molecule has 3 N–H and O–H groups in total. The second-order valence-electron chi connectivity index (χ2n) is 4.41. The minimum Gasteiger partial charge on any atom is -0.493 e. The van der Waals surface area contributed by atoms with Crippen molar-refractivity contribution in [2.45, 2.75) is 12.3 Å². The van der Waals surface area contributed by atoms with Gasteiger partial charge in [-0.1, -0.05) is 6.07 Å². The number of hydrogen-bond acceptors (Lipinski definition) is 5. The number of carbonyl (C=O) groups is 2. The van der Waals surface area contributed by atoms with Crippen LogP contribution in [0.5, 0.6) is 11.5 Å². The minimum atomic E-state index is -1.82. The highest BCUT2D eigenvalue weighted by atomic mass is 16.5. The monoisotopic (exact) mass is 297 g/mol. The third kappa shape index (κ3) is 4.96. The van der Waals surface area contributed by atoms with Gasteiger partial charge in [0.2, 0.25) is 0 Å². The van der Waals surface area contributed by atoms with Gasteiger partial charge in [0.15, 0.2) is 11.5 Å². The molecule has 21 heavy (non-hydrogen) atoms. The molecule has 1 aliphatic heterocycles. The molecular formula is C14H19NO6. The van der Waals surface area contributed by atoms with Crippen molar-refractivity contribution in [3.05, 3.63) is 23.8 Å². The summed E-state index contributed by atoms with van der Waals surface area (Å²) in [5.41, 5.74) is 1.33. The molecular weight excluding hydrogens is 278 g/mol. The van der Waals surface area contributed by atoms with Gasteiger partial charge in [-0.25, -0.2) is 9.59 Å². The van der Waals surface area contributed by atoms with Crippen LogP contribution in [0, 0.1) is 0 Å². The van der Waals surface area contributed by atoms with E-state index in [0.29, 0.717) is 5.92 Å². The average Bonchev–Trinajstić information content (AvgIpc) is 3.01. The van der Waals surface area contributed by atoms with Crippen LogP contribution in [-0.2, 0) is 9.59 Å². The molecule has 0 amide bonds. The van der Waals surface area contributed by atoms with Gasteiger partial charge in [0.25, 0.3) is 0 Å². The van der Waals surface area contributed by atoms with E-state index >= 15 is 0 Å². The molecule has 1 aliphatic rings. The van der Waals surface area contributed by atoms with E-state index in [2.05, 4.69) is 17.4 Å². The van der Waals surface area contributed by atoms with Crippen molar-refractivity contribution in [2.75, 3.05) is 27.3 Å². The Hall–Kier alpha value is -2.28. The molecule has 1 saturated heterocycles. The van der Waals surface area contributed by atoms with Crippen molar-refractivity contribution < 1.29 is 29.3 Å². The van der Waals surface area contributed by atoms with Crippen molar-refractivity contribution in [1.29, 1.82) is 0 Å². The largest absolute Gasteiger partial charge is 0.493 e. The summed E-state index contributed by atoms with van der Waals surface area (Å²) in [5.74, 6) is -1.41. The third-order valence-corrected chi connectivity index (χ3v) is 3.12. The molecule has 7 heteroatoms. The first-order valence-electron chi connectivity index (χ1n) is 6.38. The highest BCUT2D eigenvalue weighted by Gasteiger charge is 2.17. The van der Waals surface area contributed by atoms with E-state index in [1.165, 1.54) is 12.0 Å². The van der Waals surface area contributed by atoms with Gasteiger partial charge in [-0.15, -0.1) is 0 Å². The number of nitrogens with one attached hydrogen (secondary N) is 1. The molecule has 1 atom stereocenters. The summed E-state index contributed by atoms with van der Waals surface area (Å²) in [6.45, 7) is 2.18. The fourth-order valence-electron chi connectivity index (χ4n) is 2.05. The zero-order valence-electron chi connectivity index (χ0n) is 12.0. The summed E-state index contributed by atoms with van der Waals surface area (Å²) >= 11 is 0. The topological polar surface area (TPSA) is 105 Å². The fourth-order valence-corrected chi connectivity index (χ4v) is 2.05. The van der Waals surface area contributed by atoms with Gasteiger partial charge in [-0.2, -0.15) is 0 Å². The number of hydrogen-bond donors (Lipinski definition) is 3. The fraction of sp³-hybridized carbons (Fsp3) is 0.429. The molecule has 0 bridgehead atoms. The molecule has 1 aromatic carbocycles. The van der Waals surface area contributed by atoms with Crippen molar-refractivity contribution in [3.8, 4) is 11.5 Å². The molecule has 1 aromatic rings. The smallest absolute Gasteiger partial charge is 0.414 e. The van der Waals surface area contributed by atoms with Crippen LogP contribution in [0.2, 0.25) is 0 Å². The lowest BCUT2D eigenvalue weighted by atomic mass is 9.98. The molecule has 116 valence electrons. The maximum absolute atomic E-state index is 9.10. The number of rotatable bonds is 3. The van der Waals surface area contributed by atoms with Crippen LogP contribution < -0.4 is 14.8 Å². The van der Waals surface area contributed by atoms with Crippen LogP contribution in [0.4, 0.5) is 0 Å². The van der Waals surface area contributed by atoms with Gasteiger partial charge in [0.1, 0.15) is 0 Å². The highest BCUT2D eigenvalue weighted by molar-refractivity contribution is 6.27. The molecule has 0 radical (unpaired) electrons. The maximum atomic E-state index is 9.10. The summed E-state index contributed by atoms with van der Waals surface area (Å²) in [7, 11) is 3.34. The summed E-state index contributed by atoms with van der Waals surface area (Å²) in [6, 6.07) is 6.18. The predicted molar refractivity (Wildman–Crippen MR) is 75.0 cm³/mol. The number of aliphatic carboxylic acids is 2. The van der Waals surface area contributed by atoms with Gasteiger partial charge >= 0.3 is 11.9 Å². The predicted octanol–water partition coefficient (Wildman–Crippen LogP) is 0.936. The molecule has 0 saturated carbocycles. The second kappa shape index (κ2) is 8.11. The quantitative estimate of drug-likeness (QED) is 0.713. The average molecular weight is 297 g/mol. The lowest BCUT2D eigenvalue weighted by molar-refractivity contribution is -0.159. The third-order valence-electron chi connectivity index (χ3n) is 3.12. The van der Waals surface area contributed by atoms with Crippen molar-refractivity contribution in [3.63, 3.8) is 0 Å². The number of ether oxygens (including phenoxy) is 2. The van der Waals surface area contributed by atoms with E-state index < -0.39 is 11.9 Å². The highest BCUT2D eigenvalue weighted by Crippen LogP contribution is 2.32. The van der Waals surface area contributed by atoms with Crippen molar-refractivity contribution in [1.82, 2.24) is 5.32 Å². The first-order valence-corrected chi connectivity index (χ1v) is 6.38. The Balaban J connectivity index is 0.000000315. The summed E-state index contributed by atoms with van der Waals surface area (Å²) < 4.78 is 10.5. The van der Waals surface area contributed by atoms with Gasteiger partial charge in [-0.05, 0) is 36.6 Å². The summed E-state index contributed by atoms with van der Waals surface area (Å²) in [6.07, 6.45) is 1.20. The number of carboxylic acids is 2. The number of methoxy groups -OCH3 is 2. The molecule has 7 nitrogen and oxygen atoms in total. The van der Waals surface area contributed by atoms with E-state index in [-0.39, 0.29) is 0 Å². The van der Waals surface area contributed by atoms with Crippen molar-refractivity contribution in [2.24, 2.45) is 0 Å². The normalized spacial score (nSPS) is 16.6. The Labute approximate surface area is 122 Å². The summed E-state index contributed by atoms with van der Waals surface area (Å²) in [5, 5.41) is 18.1. The Bertz CT molecular complexity index is 484. The first-order chi connectivity index (χ1) is 9.99. The van der Waals surface area contributed by atoms with Crippen LogP contribution in [0.25, 0.3) is 0 Å². The van der Waals surface area contributed by atoms with Crippen LogP contribution in [-0.4, -0.2) is 49.5 Å². The molecule has 0 aromatic heterocycles. The second-order valence-corrected chi connectivity index (χ2v) is 4.41. The van der Waals surface area contributed by atoms with E-state index in [0.717, 1.165) is 24.6 Å². The molecule has 0 spiro atoms. The van der Waals surface area contributed by atoms with Crippen LogP contribution in [0.1, 0.15) is 17.9 Å². The van der Waals surface area contributed by atoms with Crippen LogP contribution in [0.15, 0.2) is 18.2 Å². The Morgan fingerprint density at radius 2 is 1.76 bits per heavy atom. The van der Waals surface area contributed by atoms with Crippen LogP contribution in [0.3, 0.4) is 0 Å². The lowest BCUT2D eigenvalue weighted by Gasteiger charge is -2.13. The molecule has 1 fully saturated rings. The van der Waals surface area contributed by atoms with Crippen LogP contribution >= 0.6 is 0 Å². The molecule has 1 unspecified atom stereocenters. The minimum absolute atomic E-state index is 0.616. The van der Waals surface area contributed by atoms with E-state index in [1.54, 1.807) is 14.2 Å². The molecule has 2 rings (SSSR count). The van der Waals surface area contributed by atoms with Gasteiger partial charge < -0.3 is 25.0 Å². The van der Waals surface area contributed by atoms with Gasteiger partial charge in [-0.3, -0.25) is 0 Å². The molecule has 1 heterocycles. The van der Waals surface area contributed by atoms with E-state index in [9.17, 15) is 0 Å². The Morgan fingerprint density at radius 3 is 2.19 bits per heavy atom. The summed E-state index contributed by atoms with van der Waals surface area (Å²) in [4.78, 5) is 18.2. The lowest BCUT2D eigenvalue weighted by Crippen LogP contribution is -2.09.